The van der Waals surface area contributed by atoms with Crippen LogP contribution in [0.1, 0.15) is 18.5 Å². The molecule has 4 nitrogen and oxygen atoms in total. The van der Waals surface area contributed by atoms with Crippen LogP contribution in [0.4, 0.5) is 5.69 Å². The fourth-order valence-corrected chi connectivity index (χ4v) is 1.28. The van der Waals surface area contributed by atoms with E-state index in [4.69, 9.17) is 5.11 Å². The maximum absolute atomic E-state index is 10.5. The van der Waals surface area contributed by atoms with Crippen LogP contribution in [0.5, 0.6) is 0 Å². The second-order valence-corrected chi connectivity index (χ2v) is 3.52. The van der Waals surface area contributed by atoms with Crippen LogP contribution in [0.2, 0.25) is 0 Å². The van der Waals surface area contributed by atoms with E-state index in [2.05, 4.69) is 10.3 Å². The van der Waals surface area contributed by atoms with Gasteiger partial charge in [0.15, 0.2) is 0 Å². The fourth-order valence-electron chi connectivity index (χ4n) is 1.28. The predicted octanol–water partition coefficient (Wildman–Crippen LogP) is 1.28. The van der Waals surface area contributed by atoms with Gasteiger partial charge in [-0.25, -0.2) is 0 Å². The van der Waals surface area contributed by atoms with Crippen molar-refractivity contribution in [3.8, 4) is 0 Å². The van der Waals surface area contributed by atoms with Crippen LogP contribution in [0.25, 0.3) is 0 Å². The number of nitrogens with one attached hydrogen (secondary N) is 1. The third-order valence-electron chi connectivity index (χ3n) is 2.10. The Hall–Kier alpha value is -1.58. The average molecular weight is 192 g/mol. The number of rotatable bonds is 4. The topological polar surface area (TPSA) is 62.2 Å². The van der Waals surface area contributed by atoms with Gasteiger partial charge in [-0.15, -0.1) is 0 Å². The van der Waals surface area contributed by atoms with Gasteiger partial charge in [-0.1, -0.05) is 0 Å². The first-order chi connectivity index (χ1) is 6.74. The molecule has 1 aromatic rings. The predicted molar refractivity (Wildman–Crippen MR) is 52.2 cm³/mol. The minimum absolute atomic E-state index is 0.0137. The zero-order chi connectivity index (χ0) is 9.97. The number of carboxylic acid groups (broad SMARTS) is 1. The molecule has 0 aliphatic heterocycles. The van der Waals surface area contributed by atoms with Crippen LogP contribution in [-0.4, -0.2) is 22.1 Å². The van der Waals surface area contributed by atoms with Gasteiger partial charge in [-0.2, -0.15) is 0 Å². The molecule has 2 N–H and O–H groups in total. The standard InChI is InChI=1S/C10H12N2O2/c13-10(14)6-9-5-8(3-4-11-9)12-7-1-2-7/h3-5,7H,1-2,6H2,(H,11,12)(H,13,14). The largest absolute Gasteiger partial charge is 0.481 e. The highest BCUT2D eigenvalue weighted by Crippen LogP contribution is 2.24. The molecule has 1 aromatic heterocycles. The van der Waals surface area contributed by atoms with E-state index in [0.29, 0.717) is 11.7 Å². The first-order valence-corrected chi connectivity index (χ1v) is 4.67. The molecule has 1 heterocycles. The van der Waals surface area contributed by atoms with E-state index >= 15 is 0 Å². The Bertz CT molecular complexity index is 348. The van der Waals surface area contributed by atoms with Gasteiger partial charge >= 0.3 is 5.97 Å². The normalized spacial score (nSPS) is 15.1. The van der Waals surface area contributed by atoms with Crippen molar-refractivity contribution in [2.75, 3.05) is 5.32 Å². The lowest BCUT2D eigenvalue weighted by Gasteiger charge is -2.04. The molecule has 0 amide bonds. The van der Waals surface area contributed by atoms with Crippen LogP contribution in [0, 0.1) is 0 Å². The molecule has 0 aromatic carbocycles. The SMILES string of the molecule is O=C(O)Cc1cc(NC2CC2)ccn1. The average Bonchev–Trinajstić information content (AvgIpc) is 2.87. The molecule has 1 saturated carbocycles. The Morgan fingerprint density at radius 1 is 1.64 bits per heavy atom. The van der Waals surface area contributed by atoms with Crippen molar-refractivity contribution in [1.82, 2.24) is 4.98 Å². The van der Waals surface area contributed by atoms with Crippen molar-refractivity contribution < 1.29 is 9.90 Å². The van der Waals surface area contributed by atoms with Gasteiger partial charge in [0.25, 0.3) is 0 Å². The first-order valence-electron chi connectivity index (χ1n) is 4.67. The highest BCUT2D eigenvalue weighted by Gasteiger charge is 2.20. The van der Waals surface area contributed by atoms with Gasteiger partial charge in [0.2, 0.25) is 0 Å². The molecule has 74 valence electrons. The molecule has 0 saturated heterocycles. The lowest BCUT2D eigenvalue weighted by atomic mass is 10.2. The molecule has 4 heteroatoms. The quantitative estimate of drug-likeness (QED) is 0.754. The molecule has 1 aliphatic rings. The Morgan fingerprint density at radius 2 is 2.43 bits per heavy atom. The summed E-state index contributed by atoms with van der Waals surface area (Å²) in [4.78, 5) is 14.4. The summed E-state index contributed by atoms with van der Waals surface area (Å²) in [5.74, 6) is -0.846. The smallest absolute Gasteiger partial charge is 0.309 e. The van der Waals surface area contributed by atoms with Crippen LogP contribution in [0.3, 0.4) is 0 Å². The van der Waals surface area contributed by atoms with Gasteiger partial charge in [0, 0.05) is 17.9 Å². The van der Waals surface area contributed by atoms with Crippen molar-refractivity contribution in [1.29, 1.82) is 0 Å². The maximum atomic E-state index is 10.5. The molecule has 0 radical (unpaired) electrons. The summed E-state index contributed by atoms with van der Waals surface area (Å²) in [6.45, 7) is 0. The van der Waals surface area contributed by atoms with E-state index in [0.717, 1.165) is 5.69 Å². The van der Waals surface area contributed by atoms with Crippen LogP contribution >= 0.6 is 0 Å². The summed E-state index contributed by atoms with van der Waals surface area (Å²) in [6.07, 6.45) is 4.04. The molecule has 0 unspecified atom stereocenters. The number of hydrogen-bond acceptors (Lipinski definition) is 3. The monoisotopic (exact) mass is 192 g/mol. The summed E-state index contributed by atoms with van der Waals surface area (Å²) in [5, 5.41) is 11.9. The van der Waals surface area contributed by atoms with Crippen LogP contribution in [0.15, 0.2) is 18.3 Å². The summed E-state index contributed by atoms with van der Waals surface area (Å²) >= 11 is 0. The molecular formula is C10H12N2O2. The number of carboxylic acids is 1. The molecule has 0 bridgehead atoms. The van der Waals surface area contributed by atoms with E-state index in [1.54, 1.807) is 12.3 Å². The van der Waals surface area contributed by atoms with Crippen molar-refractivity contribution in [2.45, 2.75) is 25.3 Å². The molecule has 0 spiro atoms. The Labute approximate surface area is 82.0 Å². The second kappa shape index (κ2) is 3.65. The van der Waals surface area contributed by atoms with E-state index in [-0.39, 0.29) is 6.42 Å². The summed E-state index contributed by atoms with van der Waals surface area (Å²) in [7, 11) is 0. The van der Waals surface area contributed by atoms with Gasteiger partial charge in [-0.3, -0.25) is 9.78 Å². The number of aliphatic carboxylic acids is 1. The molecule has 1 aliphatic carbocycles. The van der Waals surface area contributed by atoms with Crippen molar-refractivity contribution in [3.05, 3.63) is 24.0 Å². The number of hydrogen-bond donors (Lipinski definition) is 2. The zero-order valence-electron chi connectivity index (χ0n) is 7.73. The Balaban J connectivity index is 2.05. The lowest BCUT2D eigenvalue weighted by Crippen LogP contribution is -2.05. The summed E-state index contributed by atoms with van der Waals surface area (Å²) in [5.41, 5.74) is 1.57. The van der Waals surface area contributed by atoms with Crippen molar-refractivity contribution in [3.63, 3.8) is 0 Å². The maximum Gasteiger partial charge on any atom is 0.309 e. The number of anilines is 1. The highest BCUT2D eigenvalue weighted by atomic mass is 16.4. The molecule has 1 fully saturated rings. The number of nitrogens with zero attached hydrogens (tertiary/aromatic N) is 1. The van der Waals surface area contributed by atoms with Crippen molar-refractivity contribution >= 4 is 11.7 Å². The molecule has 0 atom stereocenters. The highest BCUT2D eigenvalue weighted by molar-refractivity contribution is 5.70. The Morgan fingerprint density at radius 3 is 3.07 bits per heavy atom. The third-order valence-corrected chi connectivity index (χ3v) is 2.10. The van der Waals surface area contributed by atoms with E-state index < -0.39 is 5.97 Å². The second-order valence-electron chi connectivity index (χ2n) is 3.52. The molecule has 2 rings (SSSR count). The van der Waals surface area contributed by atoms with Gasteiger partial charge in [0.05, 0.1) is 12.1 Å². The van der Waals surface area contributed by atoms with Crippen LogP contribution in [-0.2, 0) is 11.2 Å². The summed E-state index contributed by atoms with van der Waals surface area (Å²) < 4.78 is 0. The first kappa shape index (κ1) is 8.99. The third kappa shape index (κ3) is 2.45. The number of pyridine rings is 1. The zero-order valence-corrected chi connectivity index (χ0v) is 7.73. The van der Waals surface area contributed by atoms with Crippen LogP contribution < -0.4 is 5.32 Å². The minimum atomic E-state index is -0.846. The molecular weight excluding hydrogens is 180 g/mol. The lowest BCUT2D eigenvalue weighted by molar-refractivity contribution is -0.136. The van der Waals surface area contributed by atoms with E-state index in [1.165, 1.54) is 12.8 Å². The molecule has 14 heavy (non-hydrogen) atoms. The van der Waals surface area contributed by atoms with E-state index in [9.17, 15) is 4.79 Å². The van der Waals surface area contributed by atoms with Gasteiger partial charge in [-0.05, 0) is 25.0 Å². The van der Waals surface area contributed by atoms with Gasteiger partial charge in [0.1, 0.15) is 0 Å². The van der Waals surface area contributed by atoms with Crippen molar-refractivity contribution in [2.24, 2.45) is 0 Å². The minimum Gasteiger partial charge on any atom is -0.481 e. The van der Waals surface area contributed by atoms with E-state index in [1.807, 2.05) is 6.07 Å². The summed E-state index contributed by atoms with van der Waals surface area (Å²) in [6, 6.07) is 4.24. The fraction of sp³-hybridized carbons (Fsp3) is 0.400. The number of aromatic nitrogens is 1. The van der Waals surface area contributed by atoms with Gasteiger partial charge < -0.3 is 10.4 Å². The number of carbonyl (C=O) groups is 1. The Kier molecular flexibility index (Phi) is 2.35.